The first-order valence-electron chi connectivity index (χ1n) is 9.23. The Balaban J connectivity index is 1.41. The van der Waals surface area contributed by atoms with Crippen LogP contribution in [0.15, 0.2) is 84.0 Å². The summed E-state index contributed by atoms with van der Waals surface area (Å²) in [5.41, 5.74) is 4.84. The molecule has 2 amide bonds. The second-order valence-corrected chi connectivity index (χ2v) is 7.46. The molecule has 3 rings (SSSR count). The van der Waals surface area contributed by atoms with E-state index in [0.29, 0.717) is 12.2 Å². The number of rotatable bonds is 8. The number of hydrazone groups is 1. The Morgan fingerprint density at radius 3 is 2.37 bits per heavy atom. The average Bonchev–Trinajstić information content (AvgIpc) is 2.78. The predicted octanol–water partition coefficient (Wildman–Crippen LogP) is 3.75. The normalized spacial score (nSPS) is 10.6. The third-order valence-corrected chi connectivity index (χ3v) is 5.00. The molecular weight excluding hydrogens is 493 g/mol. The van der Waals surface area contributed by atoms with E-state index in [1.165, 1.54) is 6.21 Å². The predicted molar refractivity (Wildman–Crippen MR) is 124 cm³/mol. The second-order valence-electron chi connectivity index (χ2n) is 6.30. The number of halogens is 1. The maximum Gasteiger partial charge on any atom is 0.259 e. The van der Waals surface area contributed by atoms with E-state index >= 15 is 0 Å². The maximum atomic E-state index is 12.1. The number of benzene rings is 3. The zero-order valence-electron chi connectivity index (χ0n) is 16.0. The van der Waals surface area contributed by atoms with E-state index in [9.17, 15) is 9.59 Å². The first-order chi connectivity index (χ1) is 14.6. The molecule has 0 aliphatic carbocycles. The number of nitrogens with zero attached hydrogens (tertiary/aromatic N) is 1. The van der Waals surface area contributed by atoms with Gasteiger partial charge in [0.05, 0.1) is 18.3 Å². The zero-order chi connectivity index (χ0) is 21.2. The first-order valence-corrected chi connectivity index (χ1v) is 10.3. The molecule has 2 N–H and O–H groups in total. The van der Waals surface area contributed by atoms with E-state index in [1.54, 1.807) is 12.1 Å². The highest BCUT2D eigenvalue weighted by Gasteiger charge is 2.10. The van der Waals surface area contributed by atoms with Crippen LogP contribution in [0.3, 0.4) is 0 Å². The fourth-order valence-corrected chi connectivity index (χ4v) is 3.14. The van der Waals surface area contributed by atoms with Crippen molar-refractivity contribution in [3.63, 3.8) is 0 Å². The van der Waals surface area contributed by atoms with Crippen molar-refractivity contribution in [2.45, 2.75) is 6.61 Å². The summed E-state index contributed by atoms with van der Waals surface area (Å²) in [4.78, 5) is 24.0. The summed E-state index contributed by atoms with van der Waals surface area (Å²) in [6, 6.07) is 24.5. The van der Waals surface area contributed by atoms with Gasteiger partial charge in [0.25, 0.3) is 11.8 Å². The van der Waals surface area contributed by atoms with Gasteiger partial charge in [0.2, 0.25) is 0 Å². The van der Waals surface area contributed by atoms with Crippen molar-refractivity contribution in [1.29, 1.82) is 0 Å². The van der Waals surface area contributed by atoms with Gasteiger partial charge in [-0.3, -0.25) is 9.59 Å². The summed E-state index contributed by atoms with van der Waals surface area (Å²) in [6.45, 7) is 0.339. The molecule has 6 nitrogen and oxygen atoms in total. The Morgan fingerprint density at radius 2 is 1.63 bits per heavy atom. The summed E-state index contributed by atoms with van der Waals surface area (Å²) >= 11 is 2.08. The van der Waals surface area contributed by atoms with Crippen molar-refractivity contribution in [1.82, 2.24) is 10.7 Å². The number of hydrogen-bond acceptors (Lipinski definition) is 4. The fraction of sp³-hybridized carbons (Fsp3) is 0.0870. The van der Waals surface area contributed by atoms with Crippen LogP contribution in [0.25, 0.3) is 0 Å². The van der Waals surface area contributed by atoms with E-state index in [2.05, 4.69) is 38.4 Å². The first kappa shape index (κ1) is 21.5. The van der Waals surface area contributed by atoms with E-state index in [4.69, 9.17) is 4.74 Å². The molecule has 0 radical (unpaired) electrons. The minimum absolute atomic E-state index is 0.159. The number of hydrogen-bond donors (Lipinski definition) is 2. The summed E-state index contributed by atoms with van der Waals surface area (Å²) in [6.07, 6.45) is 1.53. The van der Waals surface area contributed by atoms with Gasteiger partial charge in [0, 0.05) is 3.57 Å². The lowest BCUT2D eigenvalue weighted by Gasteiger charge is -2.06. The molecule has 3 aromatic carbocycles. The largest absolute Gasteiger partial charge is 0.489 e. The molecule has 0 spiro atoms. The molecule has 30 heavy (non-hydrogen) atoms. The topological polar surface area (TPSA) is 79.8 Å². The summed E-state index contributed by atoms with van der Waals surface area (Å²) in [5, 5.41) is 6.49. The smallest absolute Gasteiger partial charge is 0.259 e. The number of carbonyl (C=O) groups excluding carboxylic acids is 2. The third kappa shape index (κ3) is 6.70. The summed E-state index contributed by atoms with van der Waals surface area (Å²) in [5.74, 6) is 0.0388. The van der Waals surface area contributed by atoms with Gasteiger partial charge < -0.3 is 10.1 Å². The van der Waals surface area contributed by atoms with Gasteiger partial charge in [-0.15, -0.1) is 0 Å². The Hall–Kier alpha value is -3.20. The number of amides is 2. The molecular formula is C23H20IN3O3. The highest BCUT2D eigenvalue weighted by Crippen LogP contribution is 2.13. The Bertz CT molecular complexity index is 1020. The van der Waals surface area contributed by atoms with Crippen LogP contribution in [0.1, 0.15) is 21.5 Å². The molecule has 152 valence electrons. The van der Waals surface area contributed by atoms with Crippen molar-refractivity contribution >= 4 is 40.6 Å². The average molecular weight is 513 g/mol. The minimum Gasteiger partial charge on any atom is -0.489 e. The van der Waals surface area contributed by atoms with Gasteiger partial charge in [0.1, 0.15) is 12.4 Å². The van der Waals surface area contributed by atoms with Crippen molar-refractivity contribution in [2.75, 3.05) is 6.54 Å². The monoisotopic (exact) mass is 513 g/mol. The summed E-state index contributed by atoms with van der Waals surface area (Å²) < 4.78 is 6.56. The molecule has 0 aliphatic heterocycles. The molecule has 0 bridgehead atoms. The fourth-order valence-electron chi connectivity index (χ4n) is 2.51. The lowest BCUT2D eigenvalue weighted by Crippen LogP contribution is -2.35. The van der Waals surface area contributed by atoms with E-state index in [1.807, 2.05) is 66.7 Å². The van der Waals surface area contributed by atoms with Gasteiger partial charge in [-0.2, -0.15) is 5.10 Å². The SMILES string of the molecule is O=C(CNC(=O)c1ccccc1I)N/N=C\c1ccc(OCc2ccccc2)cc1. The molecule has 0 aromatic heterocycles. The molecule has 0 atom stereocenters. The second kappa shape index (κ2) is 11.1. The van der Waals surface area contributed by atoms with Crippen LogP contribution in [-0.2, 0) is 11.4 Å². The third-order valence-electron chi connectivity index (χ3n) is 4.06. The molecule has 0 unspecified atom stereocenters. The zero-order valence-corrected chi connectivity index (χ0v) is 18.2. The van der Waals surface area contributed by atoms with Crippen LogP contribution in [0, 0.1) is 3.57 Å². The van der Waals surface area contributed by atoms with Gasteiger partial charge in [0.15, 0.2) is 0 Å². The van der Waals surface area contributed by atoms with Crippen molar-refractivity contribution in [3.8, 4) is 5.75 Å². The lowest BCUT2D eigenvalue weighted by atomic mass is 10.2. The van der Waals surface area contributed by atoms with E-state index in [0.717, 1.165) is 20.4 Å². The van der Waals surface area contributed by atoms with Crippen LogP contribution >= 0.6 is 22.6 Å². The van der Waals surface area contributed by atoms with Gasteiger partial charge in [-0.25, -0.2) is 5.43 Å². The summed E-state index contributed by atoms with van der Waals surface area (Å²) in [7, 11) is 0. The van der Waals surface area contributed by atoms with Crippen LogP contribution in [0.2, 0.25) is 0 Å². The van der Waals surface area contributed by atoms with Gasteiger partial charge >= 0.3 is 0 Å². The lowest BCUT2D eigenvalue weighted by molar-refractivity contribution is -0.120. The molecule has 0 saturated heterocycles. The molecule has 7 heteroatoms. The molecule has 0 heterocycles. The van der Waals surface area contributed by atoms with E-state index < -0.39 is 5.91 Å². The number of nitrogens with one attached hydrogen (secondary N) is 2. The van der Waals surface area contributed by atoms with Crippen LogP contribution in [0.5, 0.6) is 5.75 Å². The Morgan fingerprint density at radius 1 is 0.933 bits per heavy atom. The Labute approximate surface area is 188 Å². The van der Waals surface area contributed by atoms with Gasteiger partial charge in [-0.1, -0.05) is 42.5 Å². The Kier molecular flexibility index (Phi) is 7.96. The standard InChI is InChI=1S/C23H20IN3O3/c24-21-9-5-4-8-20(21)23(29)25-15-22(28)27-26-14-17-10-12-19(13-11-17)30-16-18-6-2-1-3-7-18/h1-14H,15-16H2,(H,25,29)(H,27,28)/b26-14-. The maximum absolute atomic E-state index is 12.1. The molecule has 0 fully saturated rings. The highest BCUT2D eigenvalue weighted by molar-refractivity contribution is 14.1. The number of ether oxygens (including phenoxy) is 1. The van der Waals surface area contributed by atoms with Crippen molar-refractivity contribution < 1.29 is 14.3 Å². The van der Waals surface area contributed by atoms with Crippen LogP contribution < -0.4 is 15.5 Å². The van der Waals surface area contributed by atoms with Crippen LogP contribution in [-0.4, -0.2) is 24.6 Å². The highest BCUT2D eigenvalue weighted by atomic mass is 127. The van der Waals surface area contributed by atoms with Gasteiger partial charge in [-0.05, 0) is 70.1 Å². The number of carbonyl (C=O) groups is 2. The molecule has 3 aromatic rings. The van der Waals surface area contributed by atoms with Crippen molar-refractivity contribution in [3.05, 3.63) is 99.1 Å². The minimum atomic E-state index is -0.409. The van der Waals surface area contributed by atoms with Crippen molar-refractivity contribution in [2.24, 2.45) is 5.10 Å². The molecule has 0 saturated carbocycles. The molecule has 0 aliphatic rings. The quantitative estimate of drug-likeness (QED) is 0.274. The van der Waals surface area contributed by atoms with Crippen LogP contribution in [0.4, 0.5) is 0 Å². The van der Waals surface area contributed by atoms with E-state index in [-0.39, 0.29) is 12.5 Å².